The van der Waals surface area contributed by atoms with Gasteiger partial charge in [0.2, 0.25) is 11.8 Å². The van der Waals surface area contributed by atoms with Crippen LogP contribution < -0.4 is 0 Å². The molecule has 8 heteroatoms. The molecule has 180 valence electrons. The monoisotopic (exact) mass is 466 g/mol. The predicted octanol–water partition coefficient (Wildman–Crippen LogP) is 2.77. The van der Waals surface area contributed by atoms with Crippen molar-refractivity contribution in [2.75, 3.05) is 19.7 Å². The Balaban J connectivity index is 2.00. The Morgan fingerprint density at radius 2 is 1.94 bits per heavy atom. The fourth-order valence-electron chi connectivity index (χ4n) is 6.04. The third-order valence-electron chi connectivity index (χ3n) is 7.46. The molecule has 0 saturated carbocycles. The number of carbonyl (C=O) groups is 3. The van der Waals surface area contributed by atoms with Crippen molar-refractivity contribution in [2.45, 2.75) is 81.4 Å². The van der Waals surface area contributed by atoms with Crippen molar-refractivity contribution >= 4 is 29.5 Å². The number of hydrogen-bond donors (Lipinski definition) is 2. The average Bonchev–Trinajstić information content (AvgIpc) is 3.28. The average molecular weight is 467 g/mol. The van der Waals surface area contributed by atoms with Crippen molar-refractivity contribution in [3.8, 4) is 0 Å². The highest BCUT2D eigenvalue weighted by Crippen LogP contribution is 2.68. The summed E-state index contributed by atoms with van der Waals surface area (Å²) in [4.78, 5) is 43.5. The summed E-state index contributed by atoms with van der Waals surface area (Å²) >= 11 is 1.58. The number of carboxylic acids is 1. The van der Waals surface area contributed by atoms with Gasteiger partial charge in [-0.05, 0) is 46.0 Å². The molecule has 32 heavy (non-hydrogen) atoms. The van der Waals surface area contributed by atoms with Gasteiger partial charge in [-0.15, -0.1) is 18.3 Å². The Labute approximate surface area is 195 Å². The molecule has 2 bridgehead atoms. The van der Waals surface area contributed by atoms with Crippen LogP contribution in [0.25, 0.3) is 0 Å². The van der Waals surface area contributed by atoms with Gasteiger partial charge in [0.05, 0.1) is 16.6 Å². The second kappa shape index (κ2) is 9.37. The lowest BCUT2D eigenvalue weighted by Gasteiger charge is -2.44. The Morgan fingerprint density at radius 3 is 2.50 bits per heavy atom. The molecule has 0 aromatic carbocycles. The fraction of sp³-hybridized carbons (Fsp3) is 0.792. The van der Waals surface area contributed by atoms with Crippen LogP contribution in [0.2, 0.25) is 0 Å². The quantitative estimate of drug-likeness (QED) is 0.380. The molecule has 2 amide bonds. The zero-order valence-corrected chi connectivity index (χ0v) is 20.6. The molecule has 7 nitrogen and oxygen atoms in total. The van der Waals surface area contributed by atoms with Gasteiger partial charge in [-0.3, -0.25) is 14.4 Å². The lowest BCUT2D eigenvalue weighted by atomic mass is 9.66. The Hall–Kier alpha value is -1.54. The number of carbonyl (C=O) groups excluding carboxylic acids is 2. The van der Waals surface area contributed by atoms with Crippen molar-refractivity contribution in [3.05, 3.63) is 12.7 Å². The van der Waals surface area contributed by atoms with Gasteiger partial charge in [-0.25, -0.2) is 0 Å². The third-order valence-corrected chi connectivity index (χ3v) is 9.54. The van der Waals surface area contributed by atoms with Crippen LogP contribution in [0, 0.1) is 17.8 Å². The van der Waals surface area contributed by atoms with E-state index in [1.54, 1.807) is 27.6 Å². The van der Waals surface area contributed by atoms with Crippen LogP contribution in [0.15, 0.2) is 12.7 Å². The first-order valence-corrected chi connectivity index (χ1v) is 12.6. The molecule has 3 fully saturated rings. The van der Waals surface area contributed by atoms with E-state index in [2.05, 4.69) is 13.5 Å². The van der Waals surface area contributed by atoms with Gasteiger partial charge in [0.15, 0.2) is 0 Å². The van der Waals surface area contributed by atoms with Crippen molar-refractivity contribution in [3.63, 3.8) is 0 Å². The second-order valence-electron chi connectivity index (χ2n) is 10.5. The van der Waals surface area contributed by atoms with E-state index in [0.29, 0.717) is 13.1 Å². The van der Waals surface area contributed by atoms with Crippen molar-refractivity contribution in [2.24, 2.45) is 17.8 Å². The van der Waals surface area contributed by atoms with E-state index < -0.39 is 34.1 Å². The minimum Gasteiger partial charge on any atom is -0.481 e. The molecular weight excluding hydrogens is 428 g/mol. The van der Waals surface area contributed by atoms with Gasteiger partial charge in [0, 0.05) is 30.5 Å². The molecule has 0 radical (unpaired) electrons. The number of amides is 2. The Bertz CT molecular complexity index is 766. The molecule has 1 spiro atoms. The summed E-state index contributed by atoms with van der Waals surface area (Å²) in [6.07, 6.45) is 5.59. The van der Waals surface area contributed by atoms with Crippen molar-refractivity contribution in [1.82, 2.24) is 9.80 Å². The van der Waals surface area contributed by atoms with Gasteiger partial charge in [0.25, 0.3) is 0 Å². The zero-order chi connectivity index (χ0) is 23.8. The second-order valence-corrected chi connectivity index (χ2v) is 12.0. The van der Waals surface area contributed by atoms with Crippen LogP contribution in [0.1, 0.15) is 59.8 Å². The Kier molecular flexibility index (Phi) is 7.35. The molecule has 3 rings (SSSR count). The highest BCUT2D eigenvalue weighted by Gasteiger charge is 2.76. The van der Waals surface area contributed by atoms with Crippen LogP contribution in [-0.2, 0) is 14.4 Å². The van der Waals surface area contributed by atoms with E-state index >= 15 is 0 Å². The SMILES string of the molecule is C=CCN(C(=O)C1N(CCCCCCO)C(=O)[C@@H]2[C@H](C(=O)O)[C@@H]3CC(C)C12S3)C(C)(C)C. The summed E-state index contributed by atoms with van der Waals surface area (Å²) in [7, 11) is 0. The largest absolute Gasteiger partial charge is 0.481 e. The van der Waals surface area contributed by atoms with E-state index in [1.165, 1.54) is 0 Å². The summed E-state index contributed by atoms with van der Waals surface area (Å²) in [5.74, 6) is -2.51. The van der Waals surface area contributed by atoms with Gasteiger partial charge >= 0.3 is 5.97 Å². The molecule has 3 unspecified atom stereocenters. The Morgan fingerprint density at radius 1 is 1.28 bits per heavy atom. The van der Waals surface area contributed by atoms with Crippen LogP contribution in [0.3, 0.4) is 0 Å². The molecule has 3 heterocycles. The number of aliphatic hydroxyl groups excluding tert-OH is 1. The first-order chi connectivity index (χ1) is 15.0. The van der Waals surface area contributed by atoms with Gasteiger partial charge < -0.3 is 20.0 Å². The maximum Gasteiger partial charge on any atom is 0.308 e. The number of unbranched alkanes of at least 4 members (excludes halogenated alkanes) is 3. The van der Waals surface area contributed by atoms with E-state index in [1.807, 2.05) is 20.8 Å². The molecule has 0 aromatic rings. The summed E-state index contributed by atoms with van der Waals surface area (Å²) < 4.78 is -0.697. The lowest BCUT2D eigenvalue weighted by molar-refractivity contribution is -0.149. The van der Waals surface area contributed by atoms with Crippen LogP contribution in [0.5, 0.6) is 0 Å². The zero-order valence-electron chi connectivity index (χ0n) is 19.7. The lowest BCUT2D eigenvalue weighted by Crippen LogP contribution is -2.60. The molecular formula is C24H38N2O5S. The maximum absolute atomic E-state index is 14.1. The number of carboxylic acid groups (broad SMARTS) is 1. The van der Waals surface area contributed by atoms with Crippen LogP contribution in [-0.4, -0.2) is 79.1 Å². The van der Waals surface area contributed by atoms with Gasteiger partial charge in [-0.1, -0.05) is 25.8 Å². The van der Waals surface area contributed by atoms with Crippen molar-refractivity contribution < 1.29 is 24.6 Å². The number of aliphatic carboxylic acids is 1. The number of nitrogens with zero attached hydrogens (tertiary/aromatic N) is 2. The number of rotatable bonds is 10. The fourth-order valence-corrected chi connectivity index (χ4v) is 8.45. The summed E-state index contributed by atoms with van der Waals surface area (Å²) in [5, 5.41) is 18.9. The highest BCUT2D eigenvalue weighted by atomic mass is 32.2. The van der Waals surface area contributed by atoms with Crippen LogP contribution in [0.4, 0.5) is 0 Å². The predicted molar refractivity (Wildman–Crippen MR) is 125 cm³/mol. The summed E-state index contributed by atoms with van der Waals surface area (Å²) in [6, 6.07) is -0.661. The van der Waals surface area contributed by atoms with E-state index in [-0.39, 0.29) is 29.6 Å². The molecule has 2 N–H and O–H groups in total. The summed E-state index contributed by atoms with van der Waals surface area (Å²) in [6.45, 7) is 12.8. The normalized spacial score (nSPS) is 33.5. The molecule has 6 atom stereocenters. The van der Waals surface area contributed by atoms with Crippen molar-refractivity contribution in [1.29, 1.82) is 0 Å². The third kappa shape index (κ3) is 3.98. The topological polar surface area (TPSA) is 98.2 Å². The molecule has 3 aliphatic rings. The number of fused-ring (bicyclic) bond motifs is 1. The highest BCUT2D eigenvalue weighted by molar-refractivity contribution is 8.02. The molecule has 0 aliphatic carbocycles. The van der Waals surface area contributed by atoms with E-state index in [0.717, 1.165) is 32.1 Å². The van der Waals surface area contributed by atoms with Gasteiger partial charge in [-0.2, -0.15) is 0 Å². The van der Waals surface area contributed by atoms with E-state index in [4.69, 9.17) is 5.11 Å². The first kappa shape index (κ1) is 25.1. The smallest absolute Gasteiger partial charge is 0.308 e. The summed E-state index contributed by atoms with van der Waals surface area (Å²) in [5.41, 5.74) is -0.452. The maximum atomic E-state index is 14.1. The first-order valence-electron chi connectivity index (χ1n) is 11.8. The minimum atomic E-state index is -0.926. The number of likely N-dealkylation sites (tertiary alicyclic amines) is 1. The molecule has 0 aromatic heterocycles. The van der Waals surface area contributed by atoms with E-state index in [9.17, 15) is 19.5 Å². The standard InChI is InChI=1S/C24H38N2O5S/c1-6-11-26(23(3,4)5)21(29)19-24-15(2)14-16(32-24)17(22(30)31)18(24)20(28)25(19)12-9-7-8-10-13-27/h6,15-19,27H,1,7-14H2,2-5H3,(H,30,31)/t15?,16-,17+,18-,19?,24?/m0/s1. The molecule has 3 aliphatic heterocycles. The van der Waals surface area contributed by atoms with Crippen LogP contribution >= 0.6 is 11.8 Å². The number of thioether (sulfide) groups is 1. The number of hydrogen-bond acceptors (Lipinski definition) is 5. The minimum absolute atomic E-state index is 0.0842. The molecule has 3 saturated heterocycles. The van der Waals surface area contributed by atoms with Gasteiger partial charge in [0.1, 0.15) is 6.04 Å². The number of aliphatic hydroxyl groups is 1.